The lowest BCUT2D eigenvalue weighted by molar-refractivity contribution is -0.0338. The summed E-state index contributed by atoms with van der Waals surface area (Å²) < 4.78 is 27.7. The third-order valence-electron chi connectivity index (χ3n) is 4.91. The molecule has 1 atom stereocenters. The van der Waals surface area contributed by atoms with Crippen molar-refractivity contribution in [3.05, 3.63) is 57.5 Å². The number of H-pyrrole nitrogens is 1. The number of fused-ring (bicyclic) bond motifs is 1. The highest BCUT2D eigenvalue weighted by molar-refractivity contribution is 6.31. The van der Waals surface area contributed by atoms with Crippen LogP contribution in [0.5, 0.6) is 0 Å². The van der Waals surface area contributed by atoms with E-state index in [9.17, 15) is 9.59 Å². The van der Waals surface area contributed by atoms with Gasteiger partial charge in [0.15, 0.2) is 5.65 Å². The number of ether oxygens (including phenoxy) is 2. The standard InChI is InChI=1S/C21H22ClFN4O4/c1-21(2,3)31-20(29)26-6-7-30-10-16(26)13-5-4-12(8-15(13)23)27-17(22)9-14-18(27)24-11-25-19(14)28/h4-5,8-9,11,16H,6-7,10H2,1-3H3,(H,24,25,28). The van der Waals surface area contributed by atoms with Crippen LogP contribution < -0.4 is 5.56 Å². The summed E-state index contributed by atoms with van der Waals surface area (Å²) in [6.45, 7) is 6.13. The van der Waals surface area contributed by atoms with E-state index in [2.05, 4.69) is 9.97 Å². The van der Waals surface area contributed by atoms with E-state index in [0.717, 1.165) is 0 Å². The van der Waals surface area contributed by atoms with Gasteiger partial charge in [0.05, 0.1) is 36.7 Å². The van der Waals surface area contributed by atoms with Crippen LogP contribution in [-0.4, -0.2) is 50.9 Å². The van der Waals surface area contributed by atoms with E-state index in [1.807, 2.05) is 0 Å². The molecule has 3 aromatic rings. The number of amides is 1. The van der Waals surface area contributed by atoms with E-state index in [1.54, 1.807) is 32.9 Å². The van der Waals surface area contributed by atoms with Crippen molar-refractivity contribution in [3.63, 3.8) is 0 Å². The van der Waals surface area contributed by atoms with Crippen molar-refractivity contribution in [2.24, 2.45) is 0 Å². The summed E-state index contributed by atoms with van der Waals surface area (Å²) in [7, 11) is 0. The highest BCUT2D eigenvalue weighted by atomic mass is 35.5. The Labute approximate surface area is 182 Å². The predicted octanol–water partition coefficient (Wildman–Crippen LogP) is 3.81. The number of rotatable bonds is 2. The summed E-state index contributed by atoms with van der Waals surface area (Å²) in [6, 6.07) is 5.39. The molecule has 0 spiro atoms. The molecule has 0 aliphatic carbocycles. The van der Waals surface area contributed by atoms with Crippen LogP contribution in [0.15, 0.2) is 35.4 Å². The number of hydrogen-bond acceptors (Lipinski definition) is 5. The fraction of sp³-hybridized carbons (Fsp3) is 0.381. The van der Waals surface area contributed by atoms with Crippen LogP contribution in [0.1, 0.15) is 32.4 Å². The molecule has 1 saturated heterocycles. The number of aromatic nitrogens is 3. The van der Waals surface area contributed by atoms with Crippen molar-refractivity contribution in [2.45, 2.75) is 32.4 Å². The average molecular weight is 449 g/mol. The Balaban J connectivity index is 1.71. The van der Waals surface area contributed by atoms with E-state index < -0.39 is 23.6 Å². The second-order valence-corrected chi connectivity index (χ2v) is 8.63. The molecule has 0 saturated carbocycles. The van der Waals surface area contributed by atoms with Gasteiger partial charge in [-0.3, -0.25) is 14.3 Å². The zero-order chi connectivity index (χ0) is 22.3. The van der Waals surface area contributed by atoms with Crippen LogP contribution >= 0.6 is 11.6 Å². The minimum atomic E-state index is -0.667. The molecule has 1 aromatic carbocycles. The lowest BCUT2D eigenvalue weighted by atomic mass is 10.0. The summed E-state index contributed by atoms with van der Waals surface area (Å²) in [6.07, 6.45) is 0.743. The van der Waals surface area contributed by atoms with Crippen molar-refractivity contribution in [3.8, 4) is 5.69 Å². The molecule has 1 unspecified atom stereocenters. The minimum Gasteiger partial charge on any atom is -0.444 e. The molecule has 1 N–H and O–H groups in total. The number of carbonyl (C=O) groups is 1. The molecule has 4 rings (SSSR count). The molecule has 2 aromatic heterocycles. The van der Waals surface area contributed by atoms with Crippen LogP contribution in [-0.2, 0) is 9.47 Å². The number of nitrogens with one attached hydrogen (secondary N) is 1. The summed E-state index contributed by atoms with van der Waals surface area (Å²) in [5.74, 6) is -0.538. The molecule has 0 radical (unpaired) electrons. The average Bonchev–Trinajstić information content (AvgIpc) is 3.04. The Morgan fingerprint density at radius 3 is 2.84 bits per heavy atom. The van der Waals surface area contributed by atoms with Gasteiger partial charge in [0, 0.05) is 12.1 Å². The monoisotopic (exact) mass is 448 g/mol. The summed E-state index contributed by atoms with van der Waals surface area (Å²) in [5.41, 5.74) is 0.0133. The Morgan fingerprint density at radius 2 is 2.13 bits per heavy atom. The molecule has 1 fully saturated rings. The smallest absolute Gasteiger partial charge is 0.410 e. The fourth-order valence-corrected chi connectivity index (χ4v) is 3.85. The molecule has 1 aliphatic rings. The number of benzene rings is 1. The maximum Gasteiger partial charge on any atom is 0.410 e. The number of hydrogen-bond donors (Lipinski definition) is 1. The van der Waals surface area contributed by atoms with Crippen molar-refractivity contribution < 1.29 is 18.7 Å². The molecule has 31 heavy (non-hydrogen) atoms. The largest absolute Gasteiger partial charge is 0.444 e. The third kappa shape index (κ3) is 4.15. The molecule has 1 amide bonds. The lowest BCUT2D eigenvalue weighted by Crippen LogP contribution is -2.46. The van der Waals surface area contributed by atoms with Crippen molar-refractivity contribution in [1.29, 1.82) is 0 Å². The van der Waals surface area contributed by atoms with Gasteiger partial charge in [0.25, 0.3) is 5.56 Å². The maximum atomic E-state index is 15.2. The molecular formula is C21H22ClFN4O4. The lowest BCUT2D eigenvalue weighted by Gasteiger charge is -2.37. The van der Waals surface area contributed by atoms with Crippen LogP contribution in [0.2, 0.25) is 5.15 Å². The zero-order valence-electron chi connectivity index (χ0n) is 17.3. The van der Waals surface area contributed by atoms with Gasteiger partial charge >= 0.3 is 6.09 Å². The summed E-state index contributed by atoms with van der Waals surface area (Å²) in [4.78, 5) is 32.8. The van der Waals surface area contributed by atoms with Gasteiger partial charge in [0.1, 0.15) is 16.6 Å². The third-order valence-corrected chi connectivity index (χ3v) is 5.19. The van der Waals surface area contributed by atoms with E-state index >= 15 is 4.39 Å². The van der Waals surface area contributed by atoms with Gasteiger partial charge in [-0.2, -0.15) is 0 Å². The quantitative estimate of drug-likeness (QED) is 0.643. The van der Waals surface area contributed by atoms with E-state index in [0.29, 0.717) is 35.4 Å². The normalized spacial score (nSPS) is 17.2. The van der Waals surface area contributed by atoms with E-state index in [1.165, 1.54) is 27.9 Å². The topological polar surface area (TPSA) is 89.5 Å². The second-order valence-electron chi connectivity index (χ2n) is 8.24. The first kappa shape index (κ1) is 21.3. The fourth-order valence-electron chi connectivity index (χ4n) is 3.57. The van der Waals surface area contributed by atoms with Gasteiger partial charge in [0.2, 0.25) is 0 Å². The van der Waals surface area contributed by atoms with Gasteiger partial charge < -0.3 is 14.5 Å². The Kier molecular flexibility index (Phi) is 5.49. The zero-order valence-corrected chi connectivity index (χ0v) is 18.1. The van der Waals surface area contributed by atoms with Crippen LogP contribution in [0.3, 0.4) is 0 Å². The molecule has 1 aliphatic heterocycles. The summed E-state index contributed by atoms with van der Waals surface area (Å²) in [5, 5.41) is 0.525. The number of nitrogens with zero attached hydrogens (tertiary/aromatic N) is 3. The number of aromatic amines is 1. The first-order valence-electron chi connectivity index (χ1n) is 9.77. The van der Waals surface area contributed by atoms with E-state index in [-0.39, 0.29) is 17.3 Å². The van der Waals surface area contributed by atoms with Crippen molar-refractivity contribution >= 4 is 28.7 Å². The number of carbonyl (C=O) groups excluding carboxylic acids is 1. The van der Waals surface area contributed by atoms with Crippen LogP contribution in [0, 0.1) is 5.82 Å². The Bertz CT molecular complexity index is 1200. The Hall–Kier alpha value is -2.91. The highest BCUT2D eigenvalue weighted by Gasteiger charge is 2.33. The number of halogens is 2. The molecule has 8 nitrogen and oxygen atoms in total. The highest BCUT2D eigenvalue weighted by Crippen LogP contribution is 2.31. The maximum absolute atomic E-state index is 15.2. The molecule has 10 heteroatoms. The van der Waals surface area contributed by atoms with Gasteiger partial charge in [-0.15, -0.1) is 0 Å². The van der Waals surface area contributed by atoms with Gasteiger partial charge in [-0.25, -0.2) is 14.2 Å². The second kappa shape index (κ2) is 7.97. The van der Waals surface area contributed by atoms with Gasteiger partial charge in [-0.05, 0) is 39.0 Å². The first-order chi connectivity index (χ1) is 14.7. The molecule has 164 valence electrons. The minimum absolute atomic E-state index is 0.152. The van der Waals surface area contributed by atoms with Gasteiger partial charge in [-0.1, -0.05) is 17.7 Å². The summed E-state index contributed by atoms with van der Waals surface area (Å²) >= 11 is 6.30. The SMILES string of the molecule is CC(C)(C)OC(=O)N1CCOCC1c1ccc(-n2c(Cl)cc3c(=O)[nH]cnc32)cc1F. The van der Waals surface area contributed by atoms with Crippen molar-refractivity contribution in [1.82, 2.24) is 19.4 Å². The predicted molar refractivity (Wildman–Crippen MR) is 113 cm³/mol. The van der Waals surface area contributed by atoms with Crippen LogP contribution in [0.25, 0.3) is 16.7 Å². The number of morpholine rings is 1. The molecule has 0 bridgehead atoms. The van der Waals surface area contributed by atoms with E-state index in [4.69, 9.17) is 21.1 Å². The van der Waals surface area contributed by atoms with Crippen LogP contribution in [0.4, 0.5) is 9.18 Å². The molecule has 3 heterocycles. The Morgan fingerprint density at radius 1 is 1.35 bits per heavy atom. The van der Waals surface area contributed by atoms with Crippen molar-refractivity contribution in [2.75, 3.05) is 19.8 Å². The molecular weight excluding hydrogens is 427 g/mol. The first-order valence-corrected chi connectivity index (χ1v) is 10.2.